The number of rotatable bonds is 5. The lowest BCUT2D eigenvalue weighted by Gasteiger charge is -2.14. The molecule has 2 heterocycles. The first-order valence-electron chi connectivity index (χ1n) is 8.33. The molecule has 2 aromatic heterocycles. The number of amides is 1. The third-order valence-electron chi connectivity index (χ3n) is 4.37. The molecule has 0 aliphatic rings. The summed E-state index contributed by atoms with van der Waals surface area (Å²) in [4.78, 5) is 25.0. The highest BCUT2D eigenvalue weighted by Gasteiger charge is 2.16. The van der Waals surface area contributed by atoms with E-state index in [-0.39, 0.29) is 17.9 Å². The van der Waals surface area contributed by atoms with Crippen LogP contribution in [0.25, 0.3) is 5.52 Å². The first-order valence-corrected chi connectivity index (χ1v) is 8.71. The lowest BCUT2D eigenvalue weighted by molar-refractivity contribution is 0.0950. The maximum atomic E-state index is 12.7. The molecule has 7 heteroatoms. The third kappa shape index (κ3) is 3.32. The van der Waals surface area contributed by atoms with E-state index in [0.29, 0.717) is 27.4 Å². The SMILES string of the molecule is CCNc1cc(Cl)cc(C(=O)NCc2c(C)n3occc3cc2=O)c1C. The number of carbonyl (C=O) groups excluding carboxylic acids is 1. The summed E-state index contributed by atoms with van der Waals surface area (Å²) in [5, 5.41) is 6.48. The molecule has 1 amide bonds. The van der Waals surface area contributed by atoms with Crippen LogP contribution in [0.5, 0.6) is 0 Å². The van der Waals surface area contributed by atoms with Gasteiger partial charge >= 0.3 is 0 Å². The van der Waals surface area contributed by atoms with Gasteiger partial charge in [0.25, 0.3) is 5.91 Å². The summed E-state index contributed by atoms with van der Waals surface area (Å²) in [6.45, 7) is 6.45. The van der Waals surface area contributed by atoms with E-state index in [1.54, 1.807) is 29.7 Å². The zero-order valence-electron chi connectivity index (χ0n) is 14.9. The minimum Gasteiger partial charge on any atom is -0.385 e. The van der Waals surface area contributed by atoms with Gasteiger partial charge in [-0.1, -0.05) is 11.6 Å². The molecule has 0 atom stereocenters. The number of anilines is 1. The Morgan fingerprint density at radius 3 is 2.77 bits per heavy atom. The maximum absolute atomic E-state index is 12.7. The molecule has 6 nitrogen and oxygen atoms in total. The van der Waals surface area contributed by atoms with E-state index in [1.165, 1.54) is 12.3 Å². The molecule has 0 saturated heterocycles. The minimum absolute atomic E-state index is 0.107. The molecule has 3 aromatic rings. The van der Waals surface area contributed by atoms with Crippen molar-refractivity contribution in [1.82, 2.24) is 9.89 Å². The van der Waals surface area contributed by atoms with Crippen molar-refractivity contribution < 1.29 is 9.32 Å². The predicted octanol–water partition coefficient (Wildman–Crippen LogP) is 3.52. The van der Waals surface area contributed by atoms with Crippen molar-refractivity contribution in [3.8, 4) is 0 Å². The van der Waals surface area contributed by atoms with Crippen LogP contribution in [0, 0.1) is 13.8 Å². The number of pyridine rings is 1. The average molecular weight is 374 g/mol. The van der Waals surface area contributed by atoms with Crippen LogP contribution >= 0.6 is 11.6 Å². The fraction of sp³-hybridized carbons (Fsp3) is 0.263. The fourth-order valence-corrected chi connectivity index (χ4v) is 3.18. The summed E-state index contributed by atoms with van der Waals surface area (Å²) in [7, 11) is 0. The maximum Gasteiger partial charge on any atom is 0.251 e. The molecule has 3 rings (SSSR count). The van der Waals surface area contributed by atoms with E-state index >= 15 is 0 Å². The van der Waals surface area contributed by atoms with Gasteiger partial charge in [0, 0.05) is 47.1 Å². The molecule has 0 spiro atoms. The van der Waals surface area contributed by atoms with Crippen LogP contribution in [-0.2, 0) is 6.54 Å². The largest absolute Gasteiger partial charge is 0.385 e. The fourth-order valence-electron chi connectivity index (χ4n) is 2.96. The Morgan fingerprint density at radius 1 is 1.27 bits per heavy atom. The molecule has 0 saturated carbocycles. The van der Waals surface area contributed by atoms with Crippen LogP contribution in [0.15, 0.2) is 39.8 Å². The smallest absolute Gasteiger partial charge is 0.251 e. The molecular weight excluding hydrogens is 354 g/mol. The first kappa shape index (κ1) is 18.1. The normalized spacial score (nSPS) is 10.9. The van der Waals surface area contributed by atoms with E-state index in [2.05, 4.69) is 10.6 Å². The van der Waals surface area contributed by atoms with Crippen LogP contribution < -0.4 is 16.1 Å². The summed E-state index contributed by atoms with van der Waals surface area (Å²) in [6.07, 6.45) is 1.52. The summed E-state index contributed by atoms with van der Waals surface area (Å²) < 4.78 is 6.92. The molecule has 136 valence electrons. The topological polar surface area (TPSA) is 75.8 Å². The molecule has 1 aromatic carbocycles. The molecule has 0 bridgehead atoms. The lowest BCUT2D eigenvalue weighted by Crippen LogP contribution is -2.28. The molecule has 26 heavy (non-hydrogen) atoms. The van der Waals surface area contributed by atoms with Crippen molar-refractivity contribution in [2.24, 2.45) is 0 Å². The zero-order valence-corrected chi connectivity index (χ0v) is 15.6. The van der Waals surface area contributed by atoms with Gasteiger partial charge in [-0.3, -0.25) is 9.59 Å². The van der Waals surface area contributed by atoms with Gasteiger partial charge < -0.3 is 15.2 Å². The molecule has 0 aliphatic carbocycles. The van der Waals surface area contributed by atoms with Crippen LogP contribution in [0.4, 0.5) is 5.69 Å². The van der Waals surface area contributed by atoms with Crippen molar-refractivity contribution in [2.75, 3.05) is 11.9 Å². The Labute approximate surface area is 155 Å². The van der Waals surface area contributed by atoms with Gasteiger partial charge in [-0.25, -0.2) is 0 Å². The number of carbonyl (C=O) groups is 1. The number of nitrogens with zero attached hydrogens (tertiary/aromatic N) is 1. The van der Waals surface area contributed by atoms with Crippen LogP contribution in [0.3, 0.4) is 0 Å². The molecule has 0 radical (unpaired) electrons. The molecule has 0 aliphatic heterocycles. The van der Waals surface area contributed by atoms with E-state index in [0.717, 1.165) is 17.8 Å². The quantitative estimate of drug-likeness (QED) is 0.717. The number of benzene rings is 1. The summed E-state index contributed by atoms with van der Waals surface area (Å²) >= 11 is 6.14. The van der Waals surface area contributed by atoms with Gasteiger partial charge in [-0.2, -0.15) is 4.57 Å². The highest BCUT2D eigenvalue weighted by molar-refractivity contribution is 6.31. The minimum atomic E-state index is -0.285. The van der Waals surface area contributed by atoms with Crippen LogP contribution in [0.1, 0.15) is 34.1 Å². The van der Waals surface area contributed by atoms with E-state index in [9.17, 15) is 9.59 Å². The molecule has 2 N–H and O–H groups in total. The van der Waals surface area contributed by atoms with E-state index in [1.807, 2.05) is 13.8 Å². The molecule has 0 unspecified atom stereocenters. The van der Waals surface area contributed by atoms with Crippen molar-refractivity contribution >= 4 is 28.7 Å². The second-order valence-electron chi connectivity index (χ2n) is 6.04. The van der Waals surface area contributed by atoms with E-state index < -0.39 is 0 Å². The Bertz CT molecular complexity index is 1040. The Balaban J connectivity index is 1.87. The average Bonchev–Trinajstić information content (AvgIpc) is 3.06. The Hall–Kier alpha value is -2.73. The number of hydrogen-bond acceptors (Lipinski definition) is 4. The van der Waals surface area contributed by atoms with Crippen molar-refractivity contribution in [3.63, 3.8) is 0 Å². The van der Waals surface area contributed by atoms with Gasteiger partial charge in [0.05, 0.1) is 11.2 Å². The van der Waals surface area contributed by atoms with Gasteiger partial charge in [-0.05, 0) is 38.5 Å². The second-order valence-corrected chi connectivity index (χ2v) is 6.48. The first-order chi connectivity index (χ1) is 12.4. The zero-order chi connectivity index (χ0) is 18.8. The highest BCUT2D eigenvalue weighted by atomic mass is 35.5. The van der Waals surface area contributed by atoms with Gasteiger partial charge in [-0.15, -0.1) is 0 Å². The summed E-state index contributed by atoms with van der Waals surface area (Å²) in [6, 6.07) is 6.63. The number of aryl methyl sites for hydroxylation is 1. The highest BCUT2D eigenvalue weighted by Crippen LogP contribution is 2.25. The number of nitrogens with one attached hydrogen (secondary N) is 2. The Kier molecular flexibility index (Phi) is 5.04. The summed E-state index contributed by atoms with van der Waals surface area (Å²) in [5.74, 6) is -0.285. The van der Waals surface area contributed by atoms with Crippen molar-refractivity contribution in [1.29, 1.82) is 0 Å². The standard InChI is InChI=1S/C19H20ClN3O3/c1-4-21-17-8-13(20)7-15(11(17)2)19(25)22-10-16-12(3)23-14(5-6-26-23)9-18(16)24/h5-9,21H,4,10H2,1-3H3,(H,22,25). The number of fused-ring (bicyclic) bond motifs is 1. The van der Waals surface area contributed by atoms with Gasteiger partial charge in [0.1, 0.15) is 6.26 Å². The molecular formula is C19H20ClN3O3. The number of aromatic nitrogens is 1. The van der Waals surface area contributed by atoms with Crippen molar-refractivity contribution in [3.05, 3.63) is 68.2 Å². The third-order valence-corrected chi connectivity index (χ3v) is 4.59. The number of hydrogen-bond donors (Lipinski definition) is 2. The second kappa shape index (κ2) is 7.25. The molecule has 0 fully saturated rings. The van der Waals surface area contributed by atoms with Crippen molar-refractivity contribution in [2.45, 2.75) is 27.3 Å². The monoisotopic (exact) mass is 373 g/mol. The predicted molar refractivity (Wildman–Crippen MR) is 102 cm³/mol. The number of halogens is 1. The van der Waals surface area contributed by atoms with Crippen LogP contribution in [0.2, 0.25) is 5.02 Å². The van der Waals surface area contributed by atoms with Gasteiger partial charge in [0.15, 0.2) is 5.43 Å². The summed E-state index contributed by atoms with van der Waals surface area (Å²) in [5.41, 5.74) is 3.79. The Morgan fingerprint density at radius 2 is 2.04 bits per heavy atom. The van der Waals surface area contributed by atoms with Crippen LogP contribution in [-0.4, -0.2) is 17.0 Å². The van der Waals surface area contributed by atoms with E-state index in [4.69, 9.17) is 16.1 Å². The lowest BCUT2D eigenvalue weighted by atomic mass is 10.1. The van der Waals surface area contributed by atoms with Gasteiger partial charge in [0.2, 0.25) is 0 Å².